The van der Waals surface area contributed by atoms with E-state index in [-0.39, 0.29) is 16.3 Å². The summed E-state index contributed by atoms with van der Waals surface area (Å²) in [6.45, 7) is 7.07. The molecule has 3 aromatic rings. The summed E-state index contributed by atoms with van der Waals surface area (Å²) in [6, 6.07) is 13.8. The van der Waals surface area contributed by atoms with Gasteiger partial charge in [-0.25, -0.2) is 22.1 Å². The highest BCUT2D eigenvalue weighted by atomic mass is 32.2. The molecule has 0 radical (unpaired) electrons. The molecule has 0 amide bonds. The van der Waals surface area contributed by atoms with Gasteiger partial charge in [0.2, 0.25) is 10.0 Å². The maximum atomic E-state index is 13.6. The van der Waals surface area contributed by atoms with Gasteiger partial charge in [-0.05, 0) is 80.7 Å². The van der Waals surface area contributed by atoms with E-state index >= 15 is 0 Å². The second kappa shape index (κ2) is 13.0. The third kappa shape index (κ3) is 6.75. The highest BCUT2D eigenvalue weighted by Crippen LogP contribution is 2.44. The molecule has 1 aliphatic heterocycles. The Labute approximate surface area is 248 Å². The monoisotopic (exact) mass is 596 g/mol. The lowest BCUT2D eigenvalue weighted by Crippen LogP contribution is -2.46. The molecule has 1 aliphatic carbocycles. The third-order valence-corrected chi connectivity index (χ3v) is 9.99. The van der Waals surface area contributed by atoms with Crippen molar-refractivity contribution >= 4 is 15.8 Å². The molecular weight excluding hydrogens is 555 g/mol. The second-order valence-electron chi connectivity index (χ2n) is 11.3. The largest absolute Gasteiger partial charge is 0.349 e. The highest BCUT2D eigenvalue weighted by molar-refractivity contribution is 7.89. The Hall–Kier alpha value is -3.12. The van der Waals surface area contributed by atoms with Gasteiger partial charge < -0.3 is 10.2 Å². The number of piperazine rings is 1. The first-order valence-electron chi connectivity index (χ1n) is 14.8. The summed E-state index contributed by atoms with van der Waals surface area (Å²) in [5.74, 6) is 0.670. The zero-order valence-corrected chi connectivity index (χ0v) is 25.5. The van der Waals surface area contributed by atoms with E-state index in [0.29, 0.717) is 43.0 Å². The van der Waals surface area contributed by atoms with Crippen molar-refractivity contribution in [2.24, 2.45) is 0 Å². The van der Waals surface area contributed by atoms with Crippen molar-refractivity contribution in [2.45, 2.75) is 49.5 Å². The minimum atomic E-state index is -3.57. The number of halogens is 1. The Morgan fingerprint density at radius 1 is 1.02 bits per heavy atom. The molecule has 2 heterocycles. The van der Waals surface area contributed by atoms with E-state index in [1.165, 1.54) is 36.1 Å². The van der Waals surface area contributed by atoms with Crippen molar-refractivity contribution in [3.05, 3.63) is 82.2 Å². The van der Waals surface area contributed by atoms with E-state index in [1.807, 2.05) is 17.0 Å². The molecule has 2 atom stereocenters. The first-order valence-corrected chi connectivity index (χ1v) is 16.2. The van der Waals surface area contributed by atoms with Crippen LogP contribution in [0.2, 0.25) is 0 Å². The van der Waals surface area contributed by atoms with Crippen molar-refractivity contribution in [2.75, 3.05) is 58.3 Å². The van der Waals surface area contributed by atoms with Crippen LogP contribution in [0.3, 0.4) is 0 Å². The first kappa shape index (κ1) is 30.3. The molecule has 11 heteroatoms. The van der Waals surface area contributed by atoms with Gasteiger partial charge in [-0.2, -0.15) is 0 Å². The van der Waals surface area contributed by atoms with Gasteiger partial charge in [0.25, 0.3) is 5.56 Å². The van der Waals surface area contributed by atoms with E-state index in [0.717, 1.165) is 51.1 Å². The van der Waals surface area contributed by atoms with Gasteiger partial charge in [0.1, 0.15) is 5.82 Å². The van der Waals surface area contributed by atoms with Crippen LogP contribution in [0.1, 0.15) is 43.4 Å². The number of anilines is 1. The number of sulfonamides is 1. The number of aryl methyl sites for hydroxylation is 1. The highest BCUT2D eigenvalue weighted by Gasteiger charge is 2.42. The zero-order chi connectivity index (χ0) is 29.9. The first-order chi connectivity index (χ1) is 20.2. The fourth-order valence-electron chi connectivity index (χ4n) is 5.76. The van der Waals surface area contributed by atoms with Crippen molar-refractivity contribution in [1.82, 2.24) is 24.1 Å². The molecule has 2 aliphatic rings. The zero-order valence-electron chi connectivity index (χ0n) is 24.7. The van der Waals surface area contributed by atoms with Crippen molar-refractivity contribution in [3.63, 3.8) is 0 Å². The van der Waals surface area contributed by atoms with Crippen LogP contribution < -0.4 is 15.8 Å². The Kier molecular flexibility index (Phi) is 9.41. The van der Waals surface area contributed by atoms with E-state index in [4.69, 9.17) is 4.98 Å². The lowest BCUT2D eigenvalue weighted by atomic mass is 10.1. The second-order valence-corrected chi connectivity index (χ2v) is 13.5. The van der Waals surface area contributed by atoms with Crippen LogP contribution in [-0.4, -0.2) is 86.6 Å². The van der Waals surface area contributed by atoms with Gasteiger partial charge in [0, 0.05) is 64.1 Å². The maximum Gasteiger partial charge on any atom is 0.298 e. The standard InChI is InChI=1S/C31H41FN6O3S/c1-4-17-36(29-21-28(29)23-7-9-24(32)10-8-23)18-5-6-25-22-38(31(39)30(34-25)37-19-15-33-16-20-37)26-11-13-27(14-12-26)42(40,41)35(2)3/h7-14,22,28-29,33H,4-6,15-21H2,1-3H3/t28-,29+/m0/s1. The summed E-state index contributed by atoms with van der Waals surface area (Å²) < 4.78 is 41.3. The van der Waals surface area contributed by atoms with Gasteiger partial charge in [-0.1, -0.05) is 19.1 Å². The van der Waals surface area contributed by atoms with Gasteiger partial charge in [-0.3, -0.25) is 14.3 Å². The minimum Gasteiger partial charge on any atom is -0.349 e. The number of benzene rings is 2. The molecule has 1 N–H and O–H groups in total. The van der Waals surface area contributed by atoms with Gasteiger partial charge in [-0.15, -0.1) is 0 Å². The fraction of sp³-hybridized carbons (Fsp3) is 0.484. The van der Waals surface area contributed by atoms with Crippen LogP contribution in [0.25, 0.3) is 5.69 Å². The van der Waals surface area contributed by atoms with Crippen molar-refractivity contribution in [3.8, 4) is 5.69 Å². The predicted octanol–water partition coefficient (Wildman–Crippen LogP) is 3.23. The molecule has 1 saturated heterocycles. The molecule has 2 aromatic carbocycles. The molecule has 5 rings (SSSR count). The molecule has 42 heavy (non-hydrogen) atoms. The molecule has 9 nitrogen and oxygen atoms in total. The molecule has 1 aromatic heterocycles. The van der Waals surface area contributed by atoms with Crippen molar-refractivity contribution < 1.29 is 12.8 Å². The molecule has 0 unspecified atom stereocenters. The van der Waals surface area contributed by atoms with E-state index in [1.54, 1.807) is 35.0 Å². The van der Waals surface area contributed by atoms with Crippen LogP contribution in [0, 0.1) is 5.82 Å². The summed E-state index contributed by atoms with van der Waals surface area (Å²) in [7, 11) is -0.580. The Balaban J connectivity index is 1.35. The Bertz CT molecular complexity index is 1520. The SMILES string of the molecule is CCCN(CCCc1cn(-c2ccc(S(=O)(=O)N(C)C)cc2)c(=O)c(N2CCNCC2)n1)[C@@H]1C[C@H]1c1ccc(F)cc1. The fourth-order valence-corrected chi connectivity index (χ4v) is 6.66. The van der Waals surface area contributed by atoms with Crippen LogP contribution >= 0.6 is 0 Å². The Morgan fingerprint density at radius 2 is 1.71 bits per heavy atom. The quantitative estimate of drug-likeness (QED) is 0.343. The number of hydrogen-bond donors (Lipinski definition) is 1. The van der Waals surface area contributed by atoms with Crippen LogP contribution in [0.15, 0.2) is 64.4 Å². The van der Waals surface area contributed by atoms with Crippen LogP contribution in [0.5, 0.6) is 0 Å². The number of nitrogens with one attached hydrogen (secondary N) is 1. The third-order valence-electron chi connectivity index (χ3n) is 8.16. The molecule has 1 saturated carbocycles. The molecule has 2 fully saturated rings. The summed E-state index contributed by atoms with van der Waals surface area (Å²) in [6.07, 6.45) is 5.54. The lowest BCUT2D eigenvalue weighted by molar-refractivity contribution is 0.256. The summed E-state index contributed by atoms with van der Waals surface area (Å²) in [5.41, 5.74) is 2.42. The van der Waals surface area contributed by atoms with E-state index < -0.39 is 10.0 Å². The molecule has 0 bridgehead atoms. The average molecular weight is 597 g/mol. The minimum absolute atomic E-state index is 0.177. The van der Waals surface area contributed by atoms with Crippen molar-refractivity contribution in [1.29, 1.82) is 0 Å². The number of aromatic nitrogens is 2. The smallest absolute Gasteiger partial charge is 0.298 e. The Morgan fingerprint density at radius 3 is 2.36 bits per heavy atom. The van der Waals surface area contributed by atoms with Gasteiger partial charge in [0.05, 0.1) is 10.6 Å². The van der Waals surface area contributed by atoms with Gasteiger partial charge >= 0.3 is 0 Å². The number of rotatable bonds is 12. The van der Waals surface area contributed by atoms with E-state index in [9.17, 15) is 17.6 Å². The van der Waals surface area contributed by atoms with Crippen LogP contribution in [-0.2, 0) is 16.4 Å². The maximum absolute atomic E-state index is 13.6. The molecular formula is C31H41FN6O3S. The summed E-state index contributed by atoms with van der Waals surface area (Å²) in [5, 5.41) is 3.32. The normalized spacial score (nSPS) is 19.0. The number of hydrogen-bond acceptors (Lipinski definition) is 7. The number of nitrogens with zero attached hydrogens (tertiary/aromatic N) is 5. The molecule has 226 valence electrons. The van der Waals surface area contributed by atoms with Crippen LogP contribution in [0.4, 0.5) is 10.2 Å². The average Bonchev–Trinajstić information content (AvgIpc) is 3.79. The lowest BCUT2D eigenvalue weighted by Gasteiger charge is -2.28. The topological polar surface area (TPSA) is 90.8 Å². The van der Waals surface area contributed by atoms with E-state index in [2.05, 4.69) is 17.1 Å². The molecule has 0 spiro atoms. The summed E-state index contributed by atoms with van der Waals surface area (Å²) in [4.78, 5) is 23.2. The summed E-state index contributed by atoms with van der Waals surface area (Å²) >= 11 is 0. The van der Waals surface area contributed by atoms with Gasteiger partial charge in [0.15, 0.2) is 5.82 Å². The predicted molar refractivity (Wildman–Crippen MR) is 164 cm³/mol.